The third-order valence-electron chi connectivity index (χ3n) is 4.02. The number of hydrogen-bond acceptors (Lipinski definition) is 2. The highest BCUT2D eigenvalue weighted by atomic mass is 79.9. The van der Waals surface area contributed by atoms with E-state index >= 15 is 0 Å². The Balaban J connectivity index is 2.17. The molecule has 20 heavy (non-hydrogen) atoms. The highest BCUT2D eigenvalue weighted by Crippen LogP contribution is 2.39. The van der Waals surface area contributed by atoms with E-state index in [1.807, 2.05) is 0 Å². The molecule has 0 aromatic heterocycles. The van der Waals surface area contributed by atoms with Gasteiger partial charge in [-0.2, -0.15) is 0 Å². The molecule has 1 aromatic carbocycles. The van der Waals surface area contributed by atoms with Gasteiger partial charge in [-0.3, -0.25) is 0 Å². The highest BCUT2D eigenvalue weighted by Gasteiger charge is 2.34. The van der Waals surface area contributed by atoms with Crippen molar-refractivity contribution < 1.29 is 12.8 Å². The number of sulfonamides is 1. The van der Waals surface area contributed by atoms with Crippen molar-refractivity contribution in [2.75, 3.05) is 11.9 Å². The zero-order valence-electron chi connectivity index (χ0n) is 11.5. The lowest BCUT2D eigenvalue weighted by atomic mass is 9.89. The number of nitrogens with one attached hydrogen (secondary N) is 1. The summed E-state index contributed by atoms with van der Waals surface area (Å²) < 4.78 is 40.6. The van der Waals surface area contributed by atoms with Crippen LogP contribution in [0, 0.1) is 18.2 Å². The molecule has 2 rings (SSSR count). The van der Waals surface area contributed by atoms with Gasteiger partial charge in [0.05, 0.1) is 4.90 Å². The molecule has 1 aliphatic rings. The van der Waals surface area contributed by atoms with Crippen molar-refractivity contribution in [3.63, 3.8) is 0 Å². The molecule has 0 aliphatic heterocycles. The van der Waals surface area contributed by atoms with Crippen molar-refractivity contribution >= 4 is 26.0 Å². The molecule has 0 atom stereocenters. The predicted octanol–water partition coefficient (Wildman–Crippen LogP) is 3.37. The Morgan fingerprint density at radius 3 is 2.60 bits per heavy atom. The standard InChI is InChI=1S/C14H19BrFNO2S/c1-11-4-5-12(16)8-13(11)20(18,19)17-10-14(9-15)6-2-3-7-14/h4-5,8,17H,2-3,6-7,9-10H2,1H3. The molecular formula is C14H19BrFNO2S. The summed E-state index contributed by atoms with van der Waals surface area (Å²) in [5.74, 6) is -0.535. The molecule has 1 aromatic rings. The third-order valence-corrected chi connectivity index (χ3v) is 6.76. The van der Waals surface area contributed by atoms with Crippen LogP contribution in [0.5, 0.6) is 0 Å². The van der Waals surface area contributed by atoms with Crippen LogP contribution in [0.2, 0.25) is 0 Å². The number of benzene rings is 1. The zero-order chi connectivity index (χ0) is 14.8. The average molecular weight is 364 g/mol. The first-order valence-electron chi connectivity index (χ1n) is 6.70. The van der Waals surface area contributed by atoms with Crippen LogP contribution in [-0.4, -0.2) is 20.3 Å². The molecule has 0 unspecified atom stereocenters. The Morgan fingerprint density at radius 2 is 2.00 bits per heavy atom. The number of alkyl halides is 1. The van der Waals surface area contributed by atoms with E-state index < -0.39 is 15.8 Å². The average Bonchev–Trinajstić information content (AvgIpc) is 2.89. The van der Waals surface area contributed by atoms with Crippen LogP contribution in [0.3, 0.4) is 0 Å². The van der Waals surface area contributed by atoms with Gasteiger partial charge in [0.2, 0.25) is 10.0 Å². The summed E-state index contributed by atoms with van der Waals surface area (Å²) in [6.07, 6.45) is 4.30. The summed E-state index contributed by atoms with van der Waals surface area (Å²) in [6.45, 7) is 2.07. The molecule has 0 bridgehead atoms. The normalized spacial score (nSPS) is 18.4. The van der Waals surface area contributed by atoms with Gasteiger partial charge in [0.25, 0.3) is 0 Å². The summed E-state index contributed by atoms with van der Waals surface area (Å²) in [5, 5.41) is 0.782. The molecular weight excluding hydrogens is 345 g/mol. The van der Waals surface area contributed by atoms with Crippen LogP contribution in [-0.2, 0) is 10.0 Å². The van der Waals surface area contributed by atoms with Crippen LogP contribution in [0.1, 0.15) is 31.2 Å². The van der Waals surface area contributed by atoms with Gasteiger partial charge in [0.15, 0.2) is 0 Å². The van der Waals surface area contributed by atoms with E-state index in [1.54, 1.807) is 6.92 Å². The molecule has 0 amide bonds. The predicted molar refractivity (Wildman–Crippen MR) is 81.0 cm³/mol. The minimum Gasteiger partial charge on any atom is -0.211 e. The maximum absolute atomic E-state index is 13.3. The quantitative estimate of drug-likeness (QED) is 0.815. The first kappa shape index (κ1) is 15.9. The van der Waals surface area contributed by atoms with E-state index in [9.17, 15) is 12.8 Å². The Kier molecular flexibility index (Phi) is 4.87. The third kappa shape index (κ3) is 3.40. The summed E-state index contributed by atoms with van der Waals surface area (Å²) >= 11 is 3.49. The molecule has 1 saturated carbocycles. The molecule has 3 nitrogen and oxygen atoms in total. The lowest BCUT2D eigenvalue weighted by Crippen LogP contribution is -2.37. The fraction of sp³-hybridized carbons (Fsp3) is 0.571. The second-order valence-electron chi connectivity index (χ2n) is 5.58. The highest BCUT2D eigenvalue weighted by molar-refractivity contribution is 9.09. The topological polar surface area (TPSA) is 46.2 Å². The van der Waals surface area contributed by atoms with Gasteiger partial charge in [-0.25, -0.2) is 17.5 Å². The maximum atomic E-state index is 13.3. The van der Waals surface area contributed by atoms with Crippen molar-refractivity contribution in [1.29, 1.82) is 0 Å². The number of hydrogen-bond donors (Lipinski definition) is 1. The Labute approximate surface area is 128 Å². The second kappa shape index (κ2) is 6.12. The summed E-state index contributed by atoms with van der Waals surface area (Å²) in [7, 11) is -3.66. The molecule has 112 valence electrons. The molecule has 0 spiro atoms. The van der Waals surface area contributed by atoms with Crippen molar-refractivity contribution in [2.24, 2.45) is 5.41 Å². The number of aryl methyl sites for hydroxylation is 1. The van der Waals surface area contributed by atoms with Gasteiger partial charge in [-0.1, -0.05) is 34.8 Å². The lowest BCUT2D eigenvalue weighted by molar-refractivity contribution is 0.347. The van der Waals surface area contributed by atoms with Crippen molar-refractivity contribution in [3.8, 4) is 0 Å². The van der Waals surface area contributed by atoms with Gasteiger partial charge < -0.3 is 0 Å². The van der Waals surface area contributed by atoms with E-state index in [2.05, 4.69) is 20.7 Å². The second-order valence-corrected chi connectivity index (χ2v) is 7.87. The Bertz CT molecular complexity index is 583. The Hall–Kier alpha value is -0.460. The first-order chi connectivity index (χ1) is 9.38. The maximum Gasteiger partial charge on any atom is 0.240 e. The van der Waals surface area contributed by atoms with Gasteiger partial charge in [-0.15, -0.1) is 0 Å². The smallest absolute Gasteiger partial charge is 0.211 e. The largest absolute Gasteiger partial charge is 0.240 e. The first-order valence-corrected chi connectivity index (χ1v) is 9.31. The number of halogens is 2. The Morgan fingerprint density at radius 1 is 1.35 bits per heavy atom. The molecule has 1 aliphatic carbocycles. The fourth-order valence-corrected chi connectivity index (χ4v) is 4.84. The zero-order valence-corrected chi connectivity index (χ0v) is 13.9. The molecule has 0 heterocycles. The molecule has 1 fully saturated rings. The molecule has 0 saturated heterocycles. The van der Waals surface area contributed by atoms with Crippen molar-refractivity contribution in [2.45, 2.75) is 37.5 Å². The summed E-state index contributed by atoms with van der Waals surface area (Å²) in [5.41, 5.74) is 0.548. The van der Waals surface area contributed by atoms with E-state index in [0.717, 1.165) is 37.1 Å². The molecule has 0 radical (unpaired) electrons. The van der Waals surface area contributed by atoms with E-state index in [-0.39, 0.29) is 10.3 Å². The van der Waals surface area contributed by atoms with E-state index in [4.69, 9.17) is 0 Å². The van der Waals surface area contributed by atoms with Gasteiger partial charge >= 0.3 is 0 Å². The fourth-order valence-electron chi connectivity index (χ4n) is 2.67. The summed E-state index contributed by atoms with van der Waals surface area (Å²) in [6, 6.07) is 3.83. The van der Waals surface area contributed by atoms with Gasteiger partial charge in [0.1, 0.15) is 5.82 Å². The van der Waals surface area contributed by atoms with Gasteiger partial charge in [0, 0.05) is 11.9 Å². The van der Waals surface area contributed by atoms with Crippen LogP contribution < -0.4 is 4.72 Å². The van der Waals surface area contributed by atoms with Crippen molar-refractivity contribution in [1.82, 2.24) is 4.72 Å². The number of rotatable bonds is 5. The van der Waals surface area contributed by atoms with Crippen molar-refractivity contribution in [3.05, 3.63) is 29.6 Å². The van der Waals surface area contributed by atoms with Crippen LogP contribution >= 0.6 is 15.9 Å². The van der Waals surface area contributed by atoms with Crippen LogP contribution in [0.4, 0.5) is 4.39 Å². The van der Waals surface area contributed by atoms with E-state index in [0.29, 0.717) is 12.1 Å². The minimum absolute atomic E-state index is 0.00565. The molecule has 1 N–H and O–H groups in total. The van der Waals surface area contributed by atoms with Crippen LogP contribution in [0.15, 0.2) is 23.1 Å². The van der Waals surface area contributed by atoms with Gasteiger partial charge in [-0.05, 0) is 42.9 Å². The monoisotopic (exact) mass is 363 g/mol. The molecule has 6 heteroatoms. The summed E-state index contributed by atoms with van der Waals surface area (Å²) in [4.78, 5) is 0.0280. The minimum atomic E-state index is -3.66. The SMILES string of the molecule is Cc1ccc(F)cc1S(=O)(=O)NCC1(CBr)CCCC1. The van der Waals surface area contributed by atoms with Crippen LogP contribution in [0.25, 0.3) is 0 Å². The van der Waals surface area contributed by atoms with E-state index in [1.165, 1.54) is 12.1 Å². The lowest BCUT2D eigenvalue weighted by Gasteiger charge is -2.26.